The predicted molar refractivity (Wildman–Crippen MR) is 79.3 cm³/mol. The zero-order valence-electron chi connectivity index (χ0n) is 12.7. The molecule has 20 heavy (non-hydrogen) atoms. The molecule has 0 bridgehead atoms. The van der Waals surface area contributed by atoms with Crippen molar-refractivity contribution in [2.45, 2.75) is 32.4 Å². The van der Waals surface area contributed by atoms with Crippen LogP contribution in [0.2, 0.25) is 0 Å². The summed E-state index contributed by atoms with van der Waals surface area (Å²) >= 11 is 0. The predicted octanol–water partition coefficient (Wildman–Crippen LogP) is 2.59. The second-order valence-electron chi connectivity index (χ2n) is 5.98. The van der Waals surface area contributed by atoms with Crippen molar-refractivity contribution in [3.8, 4) is 0 Å². The van der Waals surface area contributed by atoms with Gasteiger partial charge in [-0.05, 0) is 26.5 Å². The van der Waals surface area contributed by atoms with Gasteiger partial charge in [0.15, 0.2) is 0 Å². The van der Waals surface area contributed by atoms with Gasteiger partial charge in [-0.3, -0.25) is 4.90 Å². The van der Waals surface area contributed by atoms with E-state index >= 15 is 0 Å². The van der Waals surface area contributed by atoms with Crippen LogP contribution in [0.1, 0.15) is 32.4 Å². The summed E-state index contributed by atoms with van der Waals surface area (Å²) in [4.78, 5) is 2.35. The molecule has 0 spiro atoms. The lowest BCUT2D eigenvalue weighted by Gasteiger charge is -2.39. The highest BCUT2D eigenvalue weighted by Gasteiger charge is 2.29. The van der Waals surface area contributed by atoms with Crippen LogP contribution in [0.25, 0.3) is 0 Å². The fraction of sp³-hybridized carbons (Fsp3) is 0.625. The Kier molecular flexibility index (Phi) is 5.13. The SMILES string of the molecule is CCNC(CN1CCOC(C)(C)C1)c1ccccc1F. The van der Waals surface area contributed by atoms with Crippen LogP contribution in [0.5, 0.6) is 0 Å². The highest BCUT2D eigenvalue weighted by molar-refractivity contribution is 5.21. The number of nitrogens with zero attached hydrogens (tertiary/aromatic N) is 1. The lowest BCUT2D eigenvalue weighted by atomic mass is 10.0. The van der Waals surface area contributed by atoms with Gasteiger partial charge in [0.1, 0.15) is 5.82 Å². The maximum atomic E-state index is 14.0. The fourth-order valence-electron chi connectivity index (χ4n) is 2.81. The summed E-state index contributed by atoms with van der Waals surface area (Å²) in [6.45, 7) is 10.4. The van der Waals surface area contributed by atoms with Crippen LogP contribution in [0.15, 0.2) is 24.3 Å². The third-order valence-electron chi connectivity index (χ3n) is 3.68. The maximum absolute atomic E-state index is 14.0. The highest BCUT2D eigenvalue weighted by atomic mass is 19.1. The van der Waals surface area contributed by atoms with Gasteiger partial charge in [0.2, 0.25) is 0 Å². The molecule has 1 aromatic carbocycles. The highest BCUT2D eigenvalue weighted by Crippen LogP contribution is 2.22. The maximum Gasteiger partial charge on any atom is 0.128 e. The van der Waals surface area contributed by atoms with Gasteiger partial charge in [0.25, 0.3) is 0 Å². The molecule has 1 fully saturated rings. The average molecular weight is 280 g/mol. The van der Waals surface area contributed by atoms with Crippen LogP contribution in [-0.4, -0.2) is 43.3 Å². The van der Waals surface area contributed by atoms with E-state index in [4.69, 9.17) is 4.74 Å². The minimum atomic E-state index is -0.133. The van der Waals surface area contributed by atoms with Crippen LogP contribution in [0.4, 0.5) is 4.39 Å². The molecule has 3 nitrogen and oxygen atoms in total. The number of hydrogen-bond acceptors (Lipinski definition) is 3. The summed E-state index contributed by atoms with van der Waals surface area (Å²) in [6, 6.07) is 7.05. The van der Waals surface area contributed by atoms with E-state index in [1.807, 2.05) is 12.1 Å². The minimum Gasteiger partial charge on any atom is -0.373 e. The fourth-order valence-corrected chi connectivity index (χ4v) is 2.81. The monoisotopic (exact) mass is 280 g/mol. The van der Waals surface area contributed by atoms with Crippen LogP contribution in [0.3, 0.4) is 0 Å². The average Bonchev–Trinajstić information content (AvgIpc) is 2.38. The van der Waals surface area contributed by atoms with Crippen LogP contribution in [0, 0.1) is 5.82 Å². The van der Waals surface area contributed by atoms with E-state index in [1.54, 1.807) is 6.07 Å². The van der Waals surface area contributed by atoms with Gasteiger partial charge in [-0.2, -0.15) is 0 Å². The number of halogens is 1. The third kappa shape index (κ3) is 4.01. The lowest BCUT2D eigenvalue weighted by molar-refractivity contribution is -0.0877. The van der Waals surface area contributed by atoms with Gasteiger partial charge in [-0.25, -0.2) is 4.39 Å². The first-order chi connectivity index (χ1) is 9.52. The number of nitrogens with one attached hydrogen (secondary N) is 1. The molecule has 0 amide bonds. The van der Waals surface area contributed by atoms with Crippen LogP contribution >= 0.6 is 0 Å². The molecule has 1 aliphatic heterocycles. The van der Waals surface area contributed by atoms with Crippen molar-refractivity contribution >= 4 is 0 Å². The molecule has 1 saturated heterocycles. The molecular formula is C16H25FN2O. The Bertz CT molecular complexity index is 436. The van der Waals surface area contributed by atoms with Crippen molar-refractivity contribution < 1.29 is 9.13 Å². The van der Waals surface area contributed by atoms with E-state index in [2.05, 4.69) is 31.0 Å². The van der Waals surface area contributed by atoms with E-state index in [1.165, 1.54) is 6.07 Å². The molecule has 4 heteroatoms. The molecule has 0 aromatic heterocycles. The number of likely N-dealkylation sites (N-methyl/N-ethyl adjacent to an activating group) is 1. The van der Waals surface area contributed by atoms with E-state index in [0.717, 1.165) is 38.3 Å². The van der Waals surface area contributed by atoms with Crippen molar-refractivity contribution in [2.24, 2.45) is 0 Å². The number of morpholine rings is 1. The van der Waals surface area contributed by atoms with Gasteiger partial charge >= 0.3 is 0 Å². The van der Waals surface area contributed by atoms with Crippen molar-refractivity contribution in [1.82, 2.24) is 10.2 Å². The summed E-state index contributed by atoms with van der Waals surface area (Å²) in [5.74, 6) is -0.133. The van der Waals surface area contributed by atoms with Crippen molar-refractivity contribution in [3.63, 3.8) is 0 Å². The molecule has 1 N–H and O–H groups in total. The van der Waals surface area contributed by atoms with Crippen LogP contribution in [-0.2, 0) is 4.74 Å². The largest absolute Gasteiger partial charge is 0.373 e. The first-order valence-electron chi connectivity index (χ1n) is 7.36. The summed E-state index contributed by atoms with van der Waals surface area (Å²) < 4.78 is 19.7. The third-order valence-corrected chi connectivity index (χ3v) is 3.68. The number of benzene rings is 1. The standard InChI is InChI=1S/C16H25FN2O/c1-4-18-15(13-7-5-6-8-14(13)17)11-19-9-10-20-16(2,3)12-19/h5-8,15,18H,4,9-12H2,1-3H3. The number of rotatable bonds is 5. The van der Waals surface area contributed by atoms with E-state index in [0.29, 0.717) is 0 Å². The minimum absolute atomic E-state index is 0.0232. The molecule has 0 saturated carbocycles. The van der Waals surface area contributed by atoms with E-state index < -0.39 is 0 Å². The molecule has 2 rings (SSSR count). The molecule has 112 valence electrons. The Morgan fingerprint density at radius 1 is 1.40 bits per heavy atom. The van der Waals surface area contributed by atoms with Crippen LogP contribution < -0.4 is 5.32 Å². The number of hydrogen-bond donors (Lipinski definition) is 1. The van der Waals surface area contributed by atoms with Crippen molar-refractivity contribution in [1.29, 1.82) is 0 Å². The Morgan fingerprint density at radius 2 is 2.15 bits per heavy atom. The first kappa shape index (κ1) is 15.4. The Balaban J connectivity index is 2.08. The Morgan fingerprint density at radius 3 is 2.80 bits per heavy atom. The quantitative estimate of drug-likeness (QED) is 0.897. The molecule has 1 heterocycles. The normalized spacial score (nSPS) is 20.8. The van der Waals surface area contributed by atoms with E-state index in [9.17, 15) is 4.39 Å². The molecule has 1 aliphatic rings. The molecule has 0 radical (unpaired) electrons. The zero-order chi connectivity index (χ0) is 14.6. The molecule has 1 atom stereocenters. The molecule has 1 unspecified atom stereocenters. The van der Waals surface area contributed by atoms with Gasteiger partial charge in [0, 0.05) is 31.2 Å². The lowest BCUT2D eigenvalue weighted by Crippen LogP contribution is -2.50. The molecule has 0 aliphatic carbocycles. The summed E-state index contributed by atoms with van der Waals surface area (Å²) in [6.07, 6.45) is 0. The summed E-state index contributed by atoms with van der Waals surface area (Å²) in [5.41, 5.74) is 0.628. The smallest absolute Gasteiger partial charge is 0.128 e. The number of ether oxygens (including phenoxy) is 1. The van der Waals surface area contributed by atoms with Gasteiger partial charge < -0.3 is 10.1 Å². The summed E-state index contributed by atoms with van der Waals surface area (Å²) in [7, 11) is 0. The second kappa shape index (κ2) is 6.66. The van der Waals surface area contributed by atoms with Crippen molar-refractivity contribution in [3.05, 3.63) is 35.6 Å². The topological polar surface area (TPSA) is 24.5 Å². The second-order valence-corrected chi connectivity index (χ2v) is 5.98. The Labute approximate surface area is 121 Å². The molecular weight excluding hydrogens is 255 g/mol. The molecule has 1 aromatic rings. The van der Waals surface area contributed by atoms with Gasteiger partial charge in [0.05, 0.1) is 12.2 Å². The first-order valence-corrected chi connectivity index (χ1v) is 7.36. The zero-order valence-corrected chi connectivity index (χ0v) is 12.7. The van der Waals surface area contributed by atoms with Crippen molar-refractivity contribution in [2.75, 3.05) is 32.8 Å². The van der Waals surface area contributed by atoms with Gasteiger partial charge in [-0.1, -0.05) is 25.1 Å². The van der Waals surface area contributed by atoms with Gasteiger partial charge in [-0.15, -0.1) is 0 Å². The van der Waals surface area contributed by atoms with E-state index in [-0.39, 0.29) is 17.5 Å². The summed E-state index contributed by atoms with van der Waals surface area (Å²) in [5, 5.41) is 3.39. The Hall–Kier alpha value is -0.970.